The first-order valence-electron chi connectivity index (χ1n) is 9.76. The van der Waals surface area contributed by atoms with Crippen molar-refractivity contribution in [3.8, 4) is 11.3 Å². The lowest BCUT2D eigenvalue weighted by Crippen LogP contribution is -2.13. The van der Waals surface area contributed by atoms with Crippen LogP contribution in [0.2, 0.25) is 0 Å². The summed E-state index contributed by atoms with van der Waals surface area (Å²) in [6.45, 7) is 3.71. The minimum Gasteiger partial charge on any atom is -0.478 e. The standard InChI is InChI=1S/C25H20FNO4/c1-14-10-18(15(2)27-21-9-8-17(26)12-19(21)25(29)30)24-20(11-14)22(28)13-23(31-24)16-6-4-3-5-7-16/h3-13,15,27H,1-2H3,(H,29,30). The molecule has 0 aliphatic rings. The van der Waals surface area contributed by atoms with E-state index >= 15 is 0 Å². The molecule has 0 amide bonds. The van der Waals surface area contributed by atoms with Gasteiger partial charge in [-0.2, -0.15) is 0 Å². The van der Waals surface area contributed by atoms with Crippen LogP contribution in [0.1, 0.15) is 34.5 Å². The topological polar surface area (TPSA) is 79.5 Å². The Balaban J connectivity index is 1.84. The van der Waals surface area contributed by atoms with Crippen molar-refractivity contribution in [2.45, 2.75) is 19.9 Å². The minimum atomic E-state index is -1.24. The van der Waals surface area contributed by atoms with Crippen molar-refractivity contribution in [2.75, 3.05) is 5.32 Å². The Hall–Kier alpha value is -3.93. The number of hydrogen-bond donors (Lipinski definition) is 2. The third-order valence-corrected chi connectivity index (χ3v) is 5.11. The number of carboxylic acids is 1. The van der Waals surface area contributed by atoms with Crippen LogP contribution in [-0.2, 0) is 0 Å². The minimum absolute atomic E-state index is 0.162. The predicted octanol–water partition coefficient (Wildman–Crippen LogP) is 5.78. The maximum absolute atomic E-state index is 13.5. The van der Waals surface area contributed by atoms with Gasteiger partial charge >= 0.3 is 5.97 Å². The number of aromatic carboxylic acids is 1. The zero-order valence-electron chi connectivity index (χ0n) is 17.0. The van der Waals surface area contributed by atoms with Gasteiger partial charge in [-0.15, -0.1) is 0 Å². The van der Waals surface area contributed by atoms with Crippen LogP contribution in [0, 0.1) is 12.7 Å². The Kier molecular flexibility index (Phi) is 5.29. The predicted molar refractivity (Wildman–Crippen MR) is 118 cm³/mol. The molecule has 0 spiro atoms. The van der Waals surface area contributed by atoms with E-state index in [0.717, 1.165) is 17.2 Å². The summed E-state index contributed by atoms with van der Waals surface area (Å²) in [7, 11) is 0. The molecule has 0 saturated heterocycles. The summed E-state index contributed by atoms with van der Waals surface area (Å²) in [6, 6.07) is 17.6. The molecule has 4 aromatic rings. The summed E-state index contributed by atoms with van der Waals surface area (Å²) < 4.78 is 19.7. The number of fused-ring (bicyclic) bond motifs is 1. The van der Waals surface area contributed by atoms with E-state index in [2.05, 4.69) is 5.32 Å². The zero-order valence-corrected chi connectivity index (χ0v) is 17.0. The molecular weight excluding hydrogens is 397 g/mol. The second-order valence-electron chi connectivity index (χ2n) is 7.43. The number of nitrogens with one attached hydrogen (secondary N) is 1. The molecule has 1 heterocycles. The van der Waals surface area contributed by atoms with Crippen LogP contribution >= 0.6 is 0 Å². The zero-order chi connectivity index (χ0) is 22.1. The molecule has 0 radical (unpaired) electrons. The fourth-order valence-electron chi connectivity index (χ4n) is 3.63. The van der Waals surface area contributed by atoms with Gasteiger partial charge in [0.1, 0.15) is 17.2 Å². The van der Waals surface area contributed by atoms with Crippen LogP contribution in [0.15, 0.2) is 75.9 Å². The van der Waals surface area contributed by atoms with E-state index in [9.17, 15) is 19.1 Å². The van der Waals surface area contributed by atoms with E-state index in [0.29, 0.717) is 22.3 Å². The number of hydrogen-bond acceptors (Lipinski definition) is 4. The van der Waals surface area contributed by atoms with Crippen molar-refractivity contribution in [2.24, 2.45) is 0 Å². The van der Waals surface area contributed by atoms with Gasteiger partial charge in [0.05, 0.1) is 17.0 Å². The number of carbonyl (C=O) groups is 1. The SMILES string of the molecule is Cc1cc(C(C)Nc2ccc(F)cc2C(=O)O)c2oc(-c3ccccc3)cc(=O)c2c1. The lowest BCUT2D eigenvalue weighted by Gasteiger charge is -2.19. The van der Waals surface area contributed by atoms with Gasteiger partial charge in [0.15, 0.2) is 5.43 Å². The first-order chi connectivity index (χ1) is 14.8. The van der Waals surface area contributed by atoms with E-state index in [1.54, 1.807) is 6.07 Å². The maximum Gasteiger partial charge on any atom is 0.337 e. The first kappa shape index (κ1) is 20.3. The van der Waals surface area contributed by atoms with Crippen molar-refractivity contribution < 1.29 is 18.7 Å². The number of benzene rings is 3. The molecule has 0 fully saturated rings. The Morgan fingerprint density at radius 3 is 2.52 bits per heavy atom. The lowest BCUT2D eigenvalue weighted by atomic mass is 10.00. The van der Waals surface area contributed by atoms with Gasteiger partial charge in [0, 0.05) is 22.9 Å². The molecule has 0 aliphatic carbocycles. The van der Waals surface area contributed by atoms with Crippen LogP contribution in [0.4, 0.5) is 10.1 Å². The number of aryl methyl sites for hydroxylation is 1. The molecule has 5 nitrogen and oxygen atoms in total. The van der Waals surface area contributed by atoms with Crippen LogP contribution in [0.3, 0.4) is 0 Å². The number of rotatable bonds is 5. The summed E-state index contributed by atoms with van der Waals surface area (Å²) >= 11 is 0. The highest BCUT2D eigenvalue weighted by Crippen LogP contribution is 2.31. The molecule has 2 N–H and O–H groups in total. The normalized spacial score (nSPS) is 12.0. The highest BCUT2D eigenvalue weighted by atomic mass is 19.1. The summed E-state index contributed by atoms with van der Waals surface area (Å²) in [5, 5.41) is 13.0. The number of halogens is 1. The second-order valence-corrected chi connectivity index (χ2v) is 7.43. The average molecular weight is 417 g/mol. The molecule has 0 bridgehead atoms. The molecular formula is C25H20FNO4. The Morgan fingerprint density at radius 2 is 1.81 bits per heavy atom. The largest absolute Gasteiger partial charge is 0.478 e. The van der Waals surface area contributed by atoms with E-state index < -0.39 is 17.8 Å². The van der Waals surface area contributed by atoms with Gasteiger partial charge in [-0.1, -0.05) is 36.4 Å². The van der Waals surface area contributed by atoms with Gasteiger partial charge in [0.25, 0.3) is 0 Å². The van der Waals surface area contributed by atoms with Gasteiger partial charge in [-0.25, -0.2) is 9.18 Å². The van der Waals surface area contributed by atoms with Gasteiger partial charge in [-0.3, -0.25) is 4.79 Å². The highest BCUT2D eigenvalue weighted by molar-refractivity contribution is 5.94. The molecule has 0 saturated carbocycles. The Morgan fingerprint density at radius 1 is 1.06 bits per heavy atom. The fraction of sp³-hybridized carbons (Fsp3) is 0.120. The summed E-state index contributed by atoms with van der Waals surface area (Å²) in [5.74, 6) is -1.42. The molecule has 31 heavy (non-hydrogen) atoms. The molecule has 0 aliphatic heterocycles. The molecule has 1 aromatic heterocycles. The Labute approximate surface area is 177 Å². The van der Waals surface area contributed by atoms with Crippen molar-refractivity contribution in [1.29, 1.82) is 0 Å². The van der Waals surface area contributed by atoms with Gasteiger partial charge in [-0.05, 0) is 43.7 Å². The molecule has 6 heteroatoms. The first-order valence-corrected chi connectivity index (χ1v) is 9.76. The summed E-state index contributed by atoms with van der Waals surface area (Å²) in [4.78, 5) is 24.4. The number of anilines is 1. The van der Waals surface area contributed by atoms with Crippen LogP contribution < -0.4 is 10.7 Å². The molecule has 4 rings (SSSR count). The van der Waals surface area contributed by atoms with E-state index in [1.807, 2.05) is 50.2 Å². The molecule has 3 aromatic carbocycles. The van der Waals surface area contributed by atoms with Crippen LogP contribution in [-0.4, -0.2) is 11.1 Å². The van der Waals surface area contributed by atoms with Crippen molar-refractivity contribution in [3.63, 3.8) is 0 Å². The third-order valence-electron chi connectivity index (χ3n) is 5.11. The monoisotopic (exact) mass is 417 g/mol. The summed E-state index contributed by atoms with van der Waals surface area (Å²) in [6.07, 6.45) is 0. The smallest absolute Gasteiger partial charge is 0.337 e. The average Bonchev–Trinajstić information content (AvgIpc) is 2.75. The number of carboxylic acid groups (broad SMARTS) is 1. The second kappa shape index (κ2) is 8.07. The van der Waals surface area contributed by atoms with Gasteiger partial charge in [0.2, 0.25) is 0 Å². The Bertz CT molecular complexity index is 1350. The molecule has 156 valence electrons. The summed E-state index contributed by atoms with van der Waals surface area (Å²) in [5.41, 5.74) is 2.72. The van der Waals surface area contributed by atoms with Crippen molar-refractivity contribution in [1.82, 2.24) is 0 Å². The highest BCUT2D eigenvalue weighted by Gasteiger charge is 2.19. The van der Waals surface area contributed by atoms with Gasteiger partial charge < -0.3 is 14.8 Å². The maximum atomic E-state index is 13.5. The van der Waals surface area contributed by atoms with E-state index in [1.165, 1.54) is 18.2 Å². The third kappa shape index (κ3) is 4.05. The van der Waals surface area contributed by atoms with E-state index in [4.69, 9.17) is 4.42 Å². The van der Waals surface area contributed by atoms with Crippen LogP contribution in [0.25, 0.3) is 22.3 Å². The van der Waals surface area contributed by atoms with E-state index in [-0.39, 0.29) is 16.7 Å². The lowest BCUT2D eigenvalue weighted by molar-refractivity contribution is 0.0697. The van der Waals surface area contributed by atoms with Crippen molar-refractivity contribution >= 4 is 22.6 Å². The molecule has 1 atom stereocenters. The molecule has 1 unspecified atom stereocenters. The quantitative estimate of drug-likeness (QED) is 0.430. The van der Waals surface area contributed by atoms with Crippen molar-refractivity contribution in [3.05, 3.63) is 99.5 Å². The fourth-order valence-corrected chi connectivity index (χ4v) is 3.63. The van der Waals surface area contributed by atoms with Crippen LogP contribution in [0.5, 0.6) is 0 Å².